The van der Waals surface area contributed by atoms with Crippen LogP contribution in [0.3, 0.4) is 0 Å². The summed E-state index contributed by atoms with van der Waals surface area (Å²) in [7, 11) is 0.941. The van der Waals surface area contributed by atoms with E-state index in [1.165, 1.54) is 12.1 Å². The lowest BCUT2D eigenvalue weighted by molar-refractivity contribution is -0.145. The van der Waals surface area contributed by atoms with Gasteiger partial charge in [-0.1, -0.05) is 41.7 Å². The van der Waals surface area contributed by atoms with Gasteiger partial charge in [-0.2, -0.15) is 17.5 Å². The number of nitrogens with zero attached hydrogens (tertiary/aromatic N) is 3. The summed E-state index contributed by atoms with van der Waals surface area (Å²) in [6, 6.07) is 19.1. The summed E-state index contributed by atoms with van der Waals surface area (Å²) >= 11 is 1.12. The molecule has 43 heavy (non-hydrogen) atoms. The number of carbonyl (C=O) groups is 1. The molecule has 1 N–H and O–H groups in total. The Morgan fingerprint density at radius 2 is 1.81 bits per heavy atom. The largest absolute Gasteiger partial charge is 0.478 e. The van der Waals surface area contributed by atoms with Gasteiger partial charge in [0.1, 0.15) is 11.4 Å². The van der Waals surface area contributed by atoms with Crippen LogP contribution in [-0.4, -0.2) is 30.7 Å². The van der Waals surface area contributed by atoms with E-state index in [9.17, 15) is 32.7 Å². The fraction of sp³-hybridized carbons (Fsp3) is 0.161. The molecule has 0 aliphatic heterocycles. The Kier molecular flexibility index (Phi) is 7.93. The van der Waals surface area contributed by atoms with Gasteiger partial charge < -0.3 is 9.84 Å². The first-order chi connectivity index (χ1) is 20.4. The summed E-state index contributed by atoms with van der Waals surface area (Å²) in [4.78, 5) is 37.6. The van der Waals surface area contributed by atoms with Gasteiger partial charge in [0.2, 0.25) is 6.10 Å². The second-order valence-electron chi connectivity index (χ2n) is 9.57. The fourth-order valence-electron chi connectivity index (χ4n) is 4.43. The number of hydrogen-bond acceptors (Lipinski definition) is 6. The molecule has 0 fully saturated rings. The third kappa shape index (κ3) is 6.07. The van der Waals surface area contributed by atoms with Crippen molar-refractivity contribution in [1.29, 1.82) is 0 Å². The third-order valence-electron chi connectivity index (χ3n) is 6.55. The number of halogens is 3. The molecule has 1 atom stereocenters. The van der Waals surface area contributed by atoms with Crippen LogP contribution in [0, 0.1) is 18.8 Å². The lowest BCUT2D eigenvalue weighted by Crippen LogP contribution is -2.40. The molecule has 5 aromatic rings. The van der Waals surface area contributed by atoms with Gasteiger partial charge in [-0.15, -0.1) is 0 Å². The van der Waals surface area contributed by atoms with Gasteiger partial charge in [-0.3, -0.25) is 9.36 Å². The standard InChI is InChI=1S/C31H22F3N3O5S/c1-18-11-13-23(42-24(29(39)40)10-6-9-19-7-4-3-5-8-19)21(15-18)28-22-16-20(12-14-25(22)43-35-28)37-27(38)17-26(31(32,33)34)36(2)30(37)41/h3-5,7-8,11-17,24H,10H2,1-2H3,(H,39,40). The Hall–Kier alpha value is -5.15. The number of aryl methyl sites for hydroxylation is 1. The molecule has 0 spiro atoms. The second-order valence-corrected chi connectivity index (χ2v) is 10.4. The first-order valence-corrected chi connectivity index (χ1v) is 13.6. The van der Waals surface area contributed by atoms with E-state index in [2.05, 4.69) is 16.2 Å². The van der Waals surface area contributed by atoms with Gasteiger partial charge in [0.25, 0.3) is 5.56 Å². The second kappa shape index (κ2) is 11.6. The molecule has 0 bridgehead atoms. The SMILES string of the molecule is Cc1ccc(OC(CC#Cc2ccccc2)C(=O)O)c(-c2nsc3ccc(-n4c(=O)cc(C(F)(F)F)n(C)c4=O)cc23)c1. The number of fused-ring (bicyclic) bond motifs is 1. The van der Waals surface area contributed by atoms with Crippen LogP contribution in [-0.2, 0) is 18.0 Å². The minimum absolute atomic E-state index is 0.0444. The number of hydrogen-bond donors (Lipinski definition) is 1. The van der Waals surface area contributed by atoms with E-state index in [1.54, 1.807) is 36.4 Å². The maximum Gasteiger partial charge on any atom is 0.431 e. The molecule has 0 aliphatic carbocycles. The molecule has 0 aliphatic rings. The molecular weight excluding hydrogens is 583 g/mol. The minimum Gasteiger partial charge on any atom is -0.478 e. The molecule has 2 heterocycles. The number of benzene rings is 3. The minimum atomic E-state index is -4.89. The van der Waals surface area contributed by atoms with Gasteiger partial charge in [0, 0.05) is 29.6 Å². The molecule has 0 radical (unpaired) electrons. The Bertz CT molecular complexity index is 2040. The summed E-state index contributed by atoms with van der Waals surface area (Å²) in [6.45, 7) is 1.83. The zero-order chi connectivity index (χ0) is 30.9. The van der Waals surface area contributed by atoms with Gasteiger partial charge >= 0.3 is 17.8 Å². The molecule has 2 aromatic heterocycles. The molecule has 5 rings (SSSR count). The van der Waals surface area contributed by atoms with E-state index < -0.39 is 35.2 Å². The van der Waals surface area contributed by atoms with E-state index in [4.69, 9.17) is 4.74 Å². The van der Waals surface area contributed by atoms with Crippen molar-refractivity contribution in [3.63, 3.8) is 0 Å². The predicted octanol–water partition coefficient (Wildman–Crippen LogP) is 5.41. The normalized spacial score (nSPS) is 12.0. The summed E-state index contributed by atoms with van der Waals surface area (Å²) in [5.41, 5.74) is -1.22. The number of ether oxygens (including phenoxy) is 1. The summed E-state index contributed by atoms with van der Waals surface area (Å²) < 4.78 is 52.2. The lowest BCUT2D eigenvalue weighted by Gasteiger charge is -2.16. The van der Waals surface area contributed by atoms with Crippen LogP contribution in [0.25, 0.3) is 27.0 Å². The number of aliphatic carboxylic acids is 1. The highest BCUT2D eigenvalue weighted by Gasteiger charge is 2.35. The van der Waals surface area contributed by atoms with E-state index in [1.807, 2.05) is 25.1 Å². The van der Waals surface area contributed by atoms with Crippen molar-refractivity contribution in [1.82, 2.24) is 13.5 Å². The van der Waals surface area contributed by atoms with Crippen LogP contribution in [0.1, 0.15) is 23.2 Å². The molecule has 3 aromatic carbocycles. The number of carboxylic acid groups (broad SMARTS) is 1. The third-order valence-corrected chi connectivity index (χ3v) is 7.38. The highest BCUT2D eigenvalue weighted by Crippen LogP contribution is 2.38. The van der Waals surface area contributed by atoms with Crippen molar-refractivity contribution < 1.29 is 27.8 Å². The molecule has 0 saturated heterocycles. The van der Waals surface area contributed by atoms with E-state index in [0.717, 1.165) is 29.7 Å². The van der Waals surface area contributed by atoms with Crippen LogP contribution in [0.5, 0.6) is 5.75 Å². The zero-order valence-corrected chi connectivity index (χ0v) is 23.5. The molecule has 0 saturated carbocycles. The van der Waals surface area contributed by atoms with Crippen molar-refractivity contribution >= 4 is 27.6 Å². The van der Waals surface area contributed by atoms with Crippen LogP contribution >= 0.6 is 11.5 Å². The molecular formula is C31H22F3N3O5S. The molecule has 8 nitrogen and oxygen atoms in total. The average Bonchev–Trinajstić information content (AvgIpc) is 3.38. The topological polar surface area (TPSA) is 103 Å². The van der Waals surface area contributed by atoms with E-state index >= 15 is 0 Å². The highest BCUT2D eigenvalue weighted by atomic mass is 32.1. The Morgan fingerprint density at radius 3 is 2.51 bits per heavy atom. The smallest absolute Gasteiger partial charge is 0.431 e. The van der Waals surface area contributed by atoms with Gasteiger partial charge in [0.05, 0.1) is 22.5 Å². The number of alkyl halides is 3. The predicted molar refractivity (Wildman–Crippen MR) is 156 cm³/mol. The van der Waals surface area contributed by atoms with Crippen LogP contribution < -0.4 is 16.0 Å². The summed E-state index contributed by atoms with van der Waals surface area (Å²) in [5, 5.41) is 10.3. The number of carboxylic acids is 1. The Balaban J connectivity index is 1.56. The first kappa shape index (κ1) is 29.3. The molecule has 1 unspecified atom stereocenters. The quantitative estimate of drug-likeness (QED) is 0.260. The highest BCUT2D eigenvalue weighted by molar-refractivity contribution is 7.13. The van der Waals surface area contributed by atoms with Crippen LogP contribution in [0.15, 0.2) is 82.4 Å². The molecule has 0 amide bonds. The average molecular weight is 606 g/mol. The van der Waals surface area contributed by atoms with Crippen molar-refractivity contribution in [2.45, 2.75) is 25.6 Å². The van der Waals surface area contributed by atoms with E-state index in [0.29, 0.717) is 36.5 Å². The molecule has 218 valence electrons. The first-order valence-electron chi connectivity index (χ1n) is 12.8. The van der Waals surface area contributed by atoms with Crippen LogP contribution in [0.2, 0.25) is 0 Å². The van der Waals surface area contributed by atoms with Gasteiger partial charge in [-0.05, 0) is 60.9 Å². The number of aromatic nitrogens is 3. The zero-order valence-electron chi connectivity index (χ0n) is 22.7. The number of rotatable bonds is 6. The van der Waals surface area contributed by atoms with Crippen molar-refractivity contribution in [2.24, 2.45) is 7.05 Å². The van der Waals surface area contributed by atoms with Gasteiger partial charge in [0.15, 0.2) is 0 Å². The maximum atomic E-state index is 13.3. The lowest BCUT2D eigenvalue weighted by atomic mass is 10.0. The van der Waals surface area contributed by atoms with Crippen molar-refractivity contribution in [3.8, 4) is 34.5 Å². The fourth-order valence-corrected chi connectivity index (χ4v) is 5.20. The maximum absolute atomic E-state index is 13.3. The summed E-state index contributed by atoms with van der Waals surface area (Å²) in [5.74, 6) is 4.78. The van der Waals surface area contributed by atoms with Crippen LogP contribution in [0.4, 0.5) is 13.2 Å². The van der Waals surface area contributed by atoms with E-state index in [-0.39, 0.29) is 17.9 Å². The van der Waals surface area contributed by atoms with Crippen molar-refractivity contribution in [3.05, 3.63) is 110 Å². The van der Waals surface area contributed by atoms with Crippen molar-refractivity contribution in [2.75, 3.05) is 0 Å². The molecule has 12 heteroatoms. The monoisotopic (exact) mass is 605 g/mol. The Labute approximate surface area is 246 Å². The Morgan fingerprint density at radius 1 is 1.07 bits per heavy atom. The van der Waals surface area contributed by atoms with Gasteiger partial charge in [-0.25, -0.2) is 14.2 Å². The summed E-state index contributed by atoms with van der Waals surface area (Å²) in [6.07, 6.45) is -6.28.